The summed E-state index contributed by atoms with van der Waals surface area (Å²) in [6.07, 6.45) is -2.89. The Morgan fingerprint density at radius 1 is 1.27 bits per heavy atom. The number of pyridine rings is 1. The molecule has 2 atom stereocenters. The molecule has 1 aromatic carbocycles. The van der Waals surface area contributed by atoms with Gasteiger partial charge in [0, 0.05) is 12.7 Å². The van der Waals surface area contributed by atoms with Gasteiger partial charge in [-0.2, -0.15) is 13.2 Å². The Hall–Kier alpha value is -2.12. The van der Waals surface area contributed by atoms with Gasteiger partial charge < -0.3 is 10.4 Å². The average molecular weight is 385 g/mol. The molecule has 138 valence electrons. The van der Waals surface area contributed by atoms with Crippen LogP contribution < -0.4 is 5.32 Å². The zero-order valence-corrected chi connectivity index (χ0v) is 14.3. The Labute approximate surface area is 153 Å². The molecule has 26 heavy (non-hydrogen) atoms. The summed E-state index contributed by atoms with van der Waals surface area (Å²) in [6, 6.07) is 7.01. The maximum absolute atomic E-state index is 12.9. The second kappa shape index (κ2) is 7.25. The molecule has 0 spiro atoms. The molecule has 8 heteroatoms. The maximum Gasteiger partial charge on any atom is 0.417 e. The number of aliphatic hydroxyl groups excluding tert-OH is 1. The van der Waals surface area contributed by atoms with Crippen molar-refractivity contribution in [3.05, 3.63) is 63.9 Å². The number of nitrogens with zero attached hydrogens (tertiary/aromatic N) is 1. The summed E-state index contributed by atoms with van der Waals surface area (Å²) in [4.78, 5) is 16.7. The van der Waals surface area contributed by atoms with E-state index < -0.39 is 28.8 Å². The van der Waals surface area contributed by atoms with Crippen LogP contribution in [0, 0.1) is 0 Å². The molecular formula is C18H16ClF3N2O2. The Morgan fingerprint density at radius 3 is 2.77 bits per heavy atom. The van der Waals surface area contributed by atoms with E-state index in [9.17, 15) is 23.1 Å². The van der Waals surface area contributed by atoms with E-state index in [2.05, 4.69) is 10.3 Å². The number of hydrogen-bond donors (Lipinski definition) is 2. The molecule has 0 saturated heterocycles. The number of fused-ring (bicyclic) bond motifs is 1. The van der Waals surface area contributed by atoms with Crippen molar-refractivity contribution in [2.75, 3.05) is 0 Å². The largest absolute Gasteiger partial charge is 0.417 e. The standard InChI is InChI=1S/C18H16ClF3N2O2/c19-15-10(3-1-5-13(15)18(20,21)22)9-24-17(26)12-6-7-14(25)16-11(12)4-2-8-23-16/h1-5,8,12,14,25H,6-7,9H2,(H,24,26)/t12-,14-/m0/s1. The van der Waals surface area contributed by atoms with Gasteiger partial charge in [-0.25, -0.2) is 0 Å². The van der Waals surface area contributed by atoms with Gasteiger partial charge >= 0.3 is 6.18 Å². The number of alkyl halides is 3. The van der Waals surface area contributed by atoms with Gasteiger partial charge in [0.2, 0.25) is 5.91 Å². The third-order valence-corrected chi connectivity index (χ3v) is 4.89. The van der Waals surface area contributed by atoms with Crippen LogP contribution in [0.15, 0.2) is 36.5 Å². The van der Waals surface area contributed by atoms with Crippen molar-refractivity contribution in [2.24, 2.45) is 0 Å². The summed E-state index contributed by atoms with van der Waals surface area (Å²) < 4.78 is 38.8. The molecule has 2 N–H and O–H groups in total. The Kier molecular flexibility index (Phi) is 5.20. The van der Waals surface area contributed by atoms with Crippen LogP contribution in [0.4, 0.5) is 13.2 Å². The molecule has 1 aliphatic carbocycles. The quantitative estimate of drug-likeness (QED) is 0.841. The minimum atomic E-state index is -4.55. The molecule has 3 rings (SSSR count). The highest BCUT2D eigenvalue weighted by Gasteiger charge is 2.34. The maximum atomic E-state index is 12.9. The lowest BCUT2D eigenvalue weighted by atomic mass is 9.83. The number of carbonyl (C=O) groups excluding carboxylic acids is 1. The second-order valence-corrected chi connectivity index (χ2v) is 6.50. The summed E-state index contributed by atoms with van der Waals surface area (Å²) in [5, 5.41) is 12.2. The molecule has 1 aromatic heterocycles. The zero-order valence-electron chi connectivity index (χ0n) is 13.6. The van der Waals surface area contributed by atoms with Crippen LogP contribution in [0.5, 0.6) is 0 Å². The summed E-state index contributed by atoms with van der Waals surface area (Å²) in [7, 11) is 0. The van der Waals surface area contributed by atoms with Gasteiger partial charge in [-0.1, -0.05) is 29.8 Å². The first kappa shape index (κ1) is 18.7. The molecule has 0 unspecified atom stereocenters. The van der Waals surface area contributed by atoms with E-state index in [1.165, 1.54) is 12.1 Å². The van der Waals surface area contributed by atoms with Crippen molar-refractivity contribution in [1.82, 2.24) is 10.3 Å². The highest BCUT2D eigenvalue weighted by molar-refractivity contribution is 6.32. The highest BCUT2D eigenvalue weighted by atomic mass is 35.5. The minimum Gasteiger partial charge on any atom is -0.387 e. The van der Waals surface area contributed by atoms with E-state index in [0.717, 1.165) is 6.07 Å². The van der Waals surface area contributed by atoms with Gasteiger partial charge in [-0.05, 0) is 36.1 Å². The first-order valence-electron chi connectivity index (χ1n) is 8.04. The van der Waals surface area contributed by atoms with E-state index in [1.807, 2.05) is 0 Å². The van der Waals surface area contributed by atoms with Crippen molar-refractivity contribution < 1.29 is 23.1 Å². The Balaban J connectivity index is 1.76. The van der Waals surface area contributed by atoms with Gasteiger partial charge in [0.05, 0.1) is 28.3 Å². The predicted octanol–water partition coefficient (Wildman–Crippen LogP) is 3.98. The number of benzene rings is 1. The molecule has 1 aliphatic rings. The molecule has 0 saturated carbocycles. The summed E-state index contributed by atoms with van der Waals surface area (Å²) in [6.45, 7) is -0.115. The number of nitrogens with one attached hydrogen (secondary N) is 1. The van der Waals surface area contributed by atoms with E-state index >= 15 is 0 Å². The second-order valence-electron chi connectivity index (χ2n) is 6.12. The number of halogens is 4. The monoisotopic (exact) mass is 384 g/mol. The lowest BCUT2D eigenvalue weighted by Gasteiger charge is -2.27. The fourth-order valence-electron chi connectivity index (χ4n) is 3.13. The fourth-order valence-corrected chi connectivity index (χ4v) is 3.43. The summed E-state index contributed by atoms with van der Waals surface area (Å²) >= 11 is 5.85. The Morgan fingerprint density at radius 2 is 2.04 bits per heavy atom. The third kappa shape index (κ3) is 3.68. The molecule has 0 bridgehead atoms. The van der Waals surface area contributed by atoms with Crippen LogP contribution in [0.1, 0.15) is 47.2 Å². The number of amides is 1. The minimum absolute atomic E-state index is 0.115. The predicted molar refractivity (Wildman–Crippen MR) is 89.5 cm³/mol. The van der Waals surface area contributed by atoms with Crippen LogP contribution in [-0.2, 0) is 17.5 Å². The molecule has 1 heterocycles. The van der Waals surface area contributed by atoms with E-state index in [1.54, 1.807) is 18.3 Å². The summed E-state index contributed by atoms with van der Waals surface area (Å²) in [5.41, 5.74) is 0.369. The molecular weight excluding hydrogens is 369 g/mol. The van der Waals surface area contributed by atoms with E-state index in [4.69, 9.17) is 11.6 Å². The van der Waals surface area contributed by atoms with Gasteiger partial charge in [-0.15, -0.1) is 0 Å². The van der Waals surface area contributed by atoms with Gasteiger partial charge in [0.15, 0.2) is 0 Å². The fraction of sp³-hybridized carbons (Fsp3) is 0.333. The lowest BCUT2D eigenvalue weighted by molar-refractivity contribution is -0.137. The van der Waals surface area contributed by atoms with Crippen molar-refractivity contribution in [2.45, 2.75) is 37.6 Å². The van der Waals surface area contributed by atoms with E-state index in [-0.39, 0.29) is 18.0 Å². The number of aliphatic hydroxyl groups is 1. The van der Waals surface area contributed by atoms with Crippen molar-refractivity contribution in [1.29, 1.82) is 0 Å². The first-order valence-corrected chi connectivity index (χ1v) is 8.42. The third-order valence-electron chi connectivity index (χ3n) is 4.44. The smallest absolute Gasteiger partial charge is 0.387 e. The number of hydrogen-bond acceptors (Lipinski definition) is 3. The number of carbonyl (C=O) groups is 1. The van der Waals surface area contributed by atoms with Gasteiger partial charge in [0.1, 0.15) is 0 Å². The van der Waals surface area contributed by atoms with Crippen LogP contribution in [-0.4, -0.2) is 16.0 Å². The molecule has 2 aromatic rings. The van der Waals surface area contributed by atoms with E-state index in [0.29, 0.717) is 24.1 Å². The lowest BCUT2D eigenvalue weighted by Crippen LogP contribution is -2.32. The number of aromatic nitrogens is 1. The van der Waals surface area contributed by atoms with Crippen LogP contribution in [0.3, 0.4) is 0 Å². The molecule has 0 radical (unpaired) electrons. The van der Waals surface area contributed by atoms with Crippen molar-refractivity contribution in [3.8, 4) is 0 Å². The summed E-state index contributed by atoms with van der Waals surface area (Å²) in [5.74, 6) is -0.841. The van der Waals surface area contributed by atoms with Crippen molar-refractivity contribution in [3.63, 3.8) is 0 Å². The number of rotatable bonds is 3. The molecule has 4 nitrogen and oxygen atoms in total. The normalized spacial score (nSPS) is 19.7. The van der Waals surface area contributed by atoms with Gasteiger partial charge in [-0.3, -0.25) is 9.78 Å². The topological polar surface area (TPSA) is 62.2 Å². The van der Waals surface area contributed by atoms with Crippen LogP contribution >= 0.6 is 11.6 Å². The van der Waals surface area contributed by atoms with Crippen LogP contribution in [0.25, 0.3) is 0 Å². The molecule has 0 aliphatic heterocycles. The van der Waals surface area contributed by atoms with Crippen molar-refractivity contribution >= 4 is 17.5 Å². The molecule has 0 fully saturated rings. The van der Waals surface area contributed by atoms with Crippen LogP contribution in [0.2, 0.25) is 5.02 Å². The highest BCUT2D eigenvalue weighted by Crippen LogP contribution is 2.37. The zero-order chi connectivity index (χ0) is 18.9. The van der Waals surface area contributed by atoms with Gasteiger partial charge in [0.25, 0.3) is 0 Å². The SMILES string of the molecule is O=C(NCc1cccc(C(F)(F)F)c1Cl)[C@H]1CC[C@H](O)c2ncccc21. The Bertz CT molecular complexity index is 826. The first-order chi connectivity index (χ1) is 12.3. The molecule has 1 amide bonds. The average Bonchev–Trinajstić information content (AvgIpc) is 2.60.